The Morgan fingerprint density at radius 2 is 2.50 bits per heavy atom. The fourth-order valence-corrected chi connectivity index (χ4v) is 0.656. The molecule has 5 heteroatoms. The summed E-state index contributed by atoms with van der Waals surface area (Å²) in [5, 5.41) is 8.89. The van der Waals surface area contributed by atoms with E-state index in [1.165, 1.54) is 12.3 Å². The van der Waals surface area contributed by atoms with Gasteiger partial charge in [-0.15, -0.1) is 0 Å². The third kappa shape index (κ3) is 1.15. The number of rotatable bonds is 2. The van der Waals surface area contributed by atoms with Gasteiger partial charge in [0.1, 0.15) is 5.82 Å². The largest absolute Gasteiger partial charge is 0.371 e. The quantitative estimate of drug-likeness (QED) is 0.260. The summed E-state index contributed by atoms with van der Waals surface area (Å²) < 4.78 is 12.5. The van der Waals surface area contributed by atoms with Crippen LogP contribution in [0.15, 0.2) is 12.3 Å². The molecule has 56 valence electrons. The van der Waals surface area contributed by atoms with E-state index in [0.29, 0.717) is 0 Å². The topological polar surface area (TPSA) is 74.1 Å². The summed E-state index contributed by atoms with van der Waals surface area (Å²) in [4.78, 5) is 2.49. The lowest BCUT2D eigenvalue weighted by Gasteiger charge is -2.05. The number of hydrogen-bond donors (Lipinski definition) is 4. The van der Waals surface area contributed by atoms with E-state index < -0.39 is 12.0 Å². The number of aliphatic hydroxyl groups excluding tert-OH is 1. The van der Waals surface area contributed by atoms with E-state index in [0.717, 1.165) is 0 Å². The second-order valence-corrected chi connectivity index (χ2v) is 1.81. The average Bonchev–Trinajstić information content (AvgIpc) is 2.34. The summed E-state index contributed by atoms with van der Waals surface area (Å²) in [6, 6.07) is 1.20. The van der Waals surface area contributed by atoms with Crippen molar-refractivity contribution in [2.75, 3.05) is 0 Å². The lowest BCUT2D eigenvalue weighted by Crippen LogP contribution is -2.28. The first-order valence-electron chi connectivity index (χ1n) is 2.72. The molecule has 5 N–H and O–H groups in total. The Bertz CT molecular complexity index is 212. The Labute approximate surface area is 56.8 Å². The normalized spacial score (nSPS) is 13.5. The molecular formula is C5H8FN3O. The van der Waals surface area contributed by atoms with Crippen molar-refractivity contribution in [3.63, 3.8) is 0 Å². The summed E-state index contributed by atoms with van der Waals surface area (Å²) >= 11 is 0. The van der Waals surface area contributed by atoms with E-state index in [4.69, 9.17) is 10.9 Å². The third-order valence-electron chi connectivity index (χ3n) is 1.16. The minimum absolute atomic E-state index is 0.0440. The van der Waals surface area contributed by atoms with Crippen molar-refractivity contribution in [3.05, 3.63) is 23.8 Å². The second kappa shape index (κ2) is 2.78. The van der Waals surface area contributed by atoms with Gasteiger partial charge in [-0.25, -0.2) is 9.82 Å². The van der Waals surface area contributed by atoms with E-state index in [-0.39, 0.29) is 5.69 Å². The maximum absolute atomic E-state index is 12.5. The SMILES string of the molecule is NNC(O)c1[nH]ccc1F. The van der Waals surface area contributed by atoms with Crippen LogP contribution >= 0.6 is 0 Å². The zero-order chi connectivity index (χ0) is 7.56. The first kappa shape index (κ1) is 7.20. The predicted molar refractivity (Wildman–Crippen MR) is 33.0 cm³/mol. The first-order valence-corrected chi connectivity index (χ1v) is 2.72. The van der Waals surface area contributed by atoms with Gasteiger partial charge in [-0.05, 0) is 6.07 Å². The first-order chi connectivity index (χ1) is 4.75. The highest BCUT2D eigenvalue weighted by Crippen LogP contribution is 2.10. The molecule has 1 unspecified atom stereocenters. The average molecular weight is 145 g/mol. The van der Waals surface area contributed by atoms with E-state index in [9.17, 15) is 4.39 Å². The molecule has 0 aliphatic rings. The van der Waals surface area contributed by atoms with E-state index >= 15 is 0 Å². The van der Waals surface area contributed by atoms with Gasteiger partial charge in [0.2, 0.25) is 0 Å². The van der Waals surface area contributed by atoms with Crippen LogP contribution in [0.2, 0.25) is 0 Å². The van der Waals surface area contributed by atoms with E-state index in [1.807, 2.05) is 5.43 Å². The number of nitrogens with two attached hydrogens (primary N) is 1. The van der Waals surface area contributed by atoms with Crippen molar-refractivity contribution in [3.8, 4) is 0 Å². The molecule has 10 heavy (non-hydrogen) atoms. The summed E-state index contributed by atoms with van der Waals surface area (Å²) in [7, 11) is 0. The van der Waals surface area contributed by atoms with Crippen LogP contribution < -0.4 is 11.3 Å². The van der Waals surface area contributed by atoms with E-state index in [1.54, 1.807) is 0 Å². The fraction of sp³-hybridized carbons (Fsp3) is 0.200. The molecule has 1 aromatic heterocycles. The van der Waals surface area contributed by atoms with Gasteiger partial charge < -0.3 is 10.1 Å². The minimum Gasteiger partial charge on any atom is -0.371 e. The van der Waals surface area contributed by atoms with Crippen molar-refractivity contribution < 1.29 is 9.50 Å². The number of halogens is 1. The number of hydrazine groups is 1. The molecule has 4 nitrogen and oxygen atoms in total. The number of nitrogens with one attached hydrogen (secondary N) is 2. The fourth-order valence-electron chi connectivity index (χ4n) is 0.656. The summed E-state index contributed by atoms with van der Waals surface area (Å²) in [5.41, 5.74) is 2.04. The van der Waals surface area contributed by atoms with Crippen LogP contribution in [0.3, 0.4) is 0 Å². The molecule has 0 aromatic carbocycles. The minimum atomic E-state index is -1.17. The molecule has 1 aromatic rings. The standard InChI is InChI=1S/C5H8FN3O/c6-3-1-2-8-4(3)5(10)9-7/h1-2,5,8-10H,7H2. The highest BCUT2D eigenvalue weighted by molar-refractivity contribution is 5.09. The number of aromatic nitrogens is 1. The Balaban J connectivity index is 2.82. The number of H-pyrrole nitrogens is 1. The third-order valence-corrected chi connectivity index (χ3v) is 1.16. The summed E-state index contributed by atoms with van der Waals surface area (Å²) in [5.74, 6) is 4.34. The molecule has 0 saturated carbocycles. The van der Waals surface area contributed by atoms with Crippen molar-refractivity contribution in [2.24, 2.45) is 5.84 Å². The Morgan fingerprint density at radius 3 is 2.90 bits per heavy atom. The van der Waals surface area contributed by atoms with Crippen molar-refractivity contribution in [1.82, 2.24) is 10.4 Å². The van der Waals surface area contributed by atoms with Crippen LogP contribution in [0.4, 0.5) is 4.39 Å². The van der Waals surface area contributed by atoms with Gasteiger partial charge in [-0.3, -0.25) is 5.84 Å². The molecule has 0 radical (unpaired) electrons. The van der Waals surface area contributed by atoms with Crippen LogP contribution in [0.1, 0.15) is 11.9 Å². The number of hydrogen-bond acceptors (Lipinski definition) is 3. The van der Waals surface area contributed by atoms with Gasteiger partial charge in [-0.1, -0.05) is 0 Å². The van der Waals surface area contributed by atoms with Crippen molar-refractivity contribution in [2.45, 2.75) is 6.23 Å². The molecule has 0 bridgehead atoms. The molecule has 0 fully saturated rings. The lowest BCUT2D eigenvalue weighted by atomic mass is 10.4. The Morgan fingerprint density at radius 1 is 1.80 bits per heavy atom. The highest BCUT2D eigenvalue weighted by atomic mass is 19.1. The van der Waals surface area contributed by atoms with E-state index in [2.05, 4.69) is 4.98 Å². The Kier molecular flexibility index (Phi) is 2.00. The molecule has 0 amide bonds. The van der Waals surface area contributed by atoms with Crippen LogP contribution in [0.25, 0.3) is 0 Å². The van der Waals surface area contributed by atoms with Crippen LogP contribution in [0.5, 0.6) is 0 Å². The smallest absolute Gasteiger partial charge is 0.160 e. The highest BCUT2D eigenvalue weighted by Gasteiger charge is 2.10. The number of aliphatic hydroxyl groups is 1. The molecule has 0 aliphatic carbocycles. The molecule has 1 atom stereocenters. The molecule has 1 heterocycles. The Hall–Kier alpha value is -0.910. The summed E-state index contributed by atoms with van der Waals surface area (Å²) in [6.45, 7) is 0. The molecule has 0 saturated heterocycles. The van der Waals surface area contributed by atoms with Gasteiger partial charge in [0.15, 0.2) is 6.23 Å². The van der Waals surface area contributed by atoms with Gasteiger partial charge in [0.25, 0.3) is 0 Å². The summed E-state index contributed by atoms with van der Waals surface area (Å²) in [6.07, 6.45) is 0.209. The monoisotopic (exact) mass is 145 g/mol. The molecule has 1 rings (SSSR count). The van der Waals surface area contributed by atoms with Crippen molar-refractivity contribution in [1.29, 1.82) is 0 Å². The van der Waals surface area contributed by atoms with Crippen LogP contribution in [0, 0.1) is 5.82 Å². The number of aromatic amines is 1. The van der Waals surface area contributed by atoms with Gasteiger partial charge in [0.05, 0.1) is 5.69 Å². The maximum Gasteiger partial charge on any atom is 0.160 e. The van der Waals surface area contributed by atoms with Crippen LogP contribution in [-0.2, 0) is 0 Å². The predicted octanol–water partition coefficient (Wildman–Crippen LogP) is -0.392. The lowest BCUT2D eigenvalue weighted by molar-refractivity contribution is 0.132. The van der Waals surface area contributed by atoms with Crippen molar-refractivity contribution >= 4 is 0 Å². The van der Waals surface area contributed by atoms with Crippen LogP contribution in [-0.4, -0.2) is 10.1 Å². The zero-order valence-electron chi connectivity index (χ0n) is 5.13. The zero-order valence-corrected chi connectivity index (χ0v) is 5.13. The van der Waals surface area contributed by atoms with Gasteiger partial charge in [-0.2, -0.15) is 0 Å². The maximum atomic E-state index is 12.5. The van der Waals surface area contributed by atoms with Gasteiger partial charge >= 0.3 is 0 Å². The molecule has 0 aliphatic heterocycles. The molecule has 0 spiro atoms. The second-order valence-electron chi connectivity index (χ2n) is 1.81. The van der Waals surface area contributed by atoms with Gasteiger partial charge in [0, 0.05) is 6.20 Å². The molecular weight excluding hydrogens is 137 g/mol.